The van der Waals surface area contributed by atoms with E-state index in [4.69, 9.17) is 16.4 Å². The van der Waals surface area contributed by atoms with Crippen LogP contribution in [-0.4, -0.2) is 21.9 Å². The zero-order chi connectivity index (χ0) is 20.3. The van der Waals surface area contributed by atoms with E-state index in [1.54, 1.807) is 0 Å². The van der Waals surface area contributed by atoms with Gasteiger partial charge >= 0.3 is 5.97 Å². The lowest BCUT2D eigenvalue weighted by Gasteiger charge is -2.12. The van der Waals surface area contributed by atoms with Crippen LogP contribution >= 0.6 is 11.3 Å². The molecule has 0 bridgehead atoms. The van der Waals surface area contributed by atoms with Gasteiger partial charge < -0.3 is 16.2 Å². The molecule has 28 heavy (non-hydrogen) atoms. The third-order valence-electron chi connectivity index (χ3n) is 3.66. The number of rotatable bonds is 5. The molecule has 0 amide bonds. The summed E-state index contributed by atoms with van der Waals surface area (Å²) in [6.45, 7) is 0. The molecule has 0 saturated heterocycles. The number of carboxylic acids is 1. The van der Waals surface area contributed by atoms with Crippen LogP contribution in [0.1, 0.15) is 15.9 Å². The number of nitrogens with zero attached hydrogens (tertiary/aromatic N) is 3. The van der Waals surface area contributed by atoms with Gasteiger partial charge in [-0.1, -0.05) is 11.3 Å². The van der Waals surface area contributed by atoms with Crippen molar-refractivity contribution in [3.63, 3.8) is 0 Å². The maximum absolute atomic E-state index is 14.0. The van der Waals surface area contributed by atoms with Crippen molar-refractivity contribution in [2.24, 2.45) is 10.3 Å². The first-order valence-electron chi connectivity index (χ1n) is 7.64. The van der Waals surface area contributed by atoms with Crippen LogP contribution in [0.25, 0.3) is 10.4 Å². The molecule has 2 heterocycles. The number of aromatic carboxylic acids is 1. The van der Waals surface area contributed by atoms with E-state index in [1.165, 1.54) is 47.2 Å². The molecular weight excluding hydrogens is 390 g/mol. The minimum atomic E-state index is -1.13. The molecule has 142 valence electrons. The summed E-state index contributed by atoms with van der Waals surface area (Å²) in [5, 5.41) is 19.6. The summed E-state index contributed by atoms with van der Waals surface area (Å²) in [5.74, 6) is -3.38. The number of hydrogen-bond donors (Lipinski definition) is 4. The van der Waals surface area contributed by atoms with E-state index in [0.717, 1.165) is 6.07 Å². The molecule has 0 radical (unpaired) electrons. The van der Waals surface area contributed by atoms with Gasteiger partial charge in [0.1, 0.15) is 5.82 Å². The maximum atomic E-state index is 14.0. The third kappa shape index (κ3) is 3.83. The Balaban J connectivity index is 2.03. The topological polar surface area (TPSA) is 137 Å². The number of pyridine rings is 1. The molecular formula is C17H12F2N6O2S. The predicted molar refractivity (Wildman–Crippen MR) is 101 cm³/mol. The first-order chi connectivity index (χ1) is 13.4. The zero-order valence-electron chi connectivity index (χ0n) is 14.0. The van der Waals surface area contributed by atoms with E-state index in [1.807, 2.05) is 0 Å². The number of anilines is 2. The summed E-state index contributed by atoms with van der Waals surface area (Å²) in [6, 6.07) is 6.54. The van der Waals surface area contributed by atoms with Crippen LogP contribution in [0.3, 0.4) is 0 Å². The first-order valence-corrected chi connectivity index (χ1v) is 8.52. The highest BCUT2D eigenvalue weighted by Gasteiger charge is 2.16. The number of thiophene rings is 1. The number of amidine groups is 1. The first kappa shape index (κ1) is 19.0. The van der Waals surface area contributed by atoms with Crippen LogP contribution in [0.5, 0.6) is 0 Å². The van der Waals surface area contributed by atoms with Gasteiger partial charge in [-0.25, -0.2) is 18.6 Å². The smallest absolute Gasteiger partial charge is 0.336 e. The molecule has 3 rings (SSSR count). The van der Waals surface area contributed by atoms with Crippen molar-refractivity contribution in [1.29, 1.82) is 5.53 Å². The molecule has 0 aliphatic rings. The molecule has 0 atom stereocenters. The van der Waals surface area contributed by atoms with Crippen LogP contribution < -0.4 is 11.1 Å². The average Bonchev–Trinajstić information content (AvgIpc) is 3.16. The van der Waals surface area contributed by atoms with Crippen LogP contribution in [-0.2, 0) is 0 Å². The monoisotopic (exact) mass is 402 g/mol. The molecule has 0 fully saturated rings. The molecule has 5 N–H and O–H groups in total. The van der Waals surface area contributed by atoms with Crippen LogP contribution in [0, 0.1) is 17.2 Å². The molecule has 8 nitrogen and oxygen atoms in total. The van der Waals surface area contributed by atoms with E-state index >= 15 is 0 Å². The molecule has 11 heteroatoms. The maximum Gasteiger partial charge on any atom is 0.336 e. The van der Waals surface area contributed by atoms with Gasteiger partial charge in [0.15, 0.2) is 17.5 Å². The van der Waals surface area contributed by atoms with E-state index < -0.39 is 17.6 Å². The molecule has 0 unspecified atom stereocenters. The Bertz CT molecular complexity index is 1100. The normalized spacial score (nSPS) is 11.3. The summed E-state index contributed by atoms with van der Waals surface area (Å²) in [5.41, 5.74) is 13.5. The largest absolute Gasteiger partial charge is 0.478 e. The lowest BCUT2D eigenvalue weighted by molar-refractivity contribution is 0.0697. The lowest BCUT2D eigenvalue weighted by atomic mass is 10.1. The summed E-state index contributed by atoms with van der Waals surface area (Å²) in [4.78, 5) is 15.7. The Hall–Kier alpha value is -3.73. The van der Waals surface area contributed by atoms with Crippen molar-refractivity contribution in [2.75, 3.05) is 11.1 Å². The van der Waals surface area contributed by atoms with Crippen LogP contribution in [0.15, 0.2) is 52.2 Å². The Morgan fingerprint density at radius 1 is 1.32 bits per heavy atom. The number of hydrogen-bond acceptors (Lipinski definition) is 6. The predicted octanol–water partition coefficient (Wildman–Crippen LogP) is 4.17. The number of nitrogen functional groups attached to an aromatic ring is 1. The summed E-state index contributed by atoms with van der Waals surface area (Å²) < 4.78 is 27.4. The fourth-order valence-electron chi connectivity index (χ4n) is 2.32. The van der Waals surface area contributed by atoms with Crippen molar-refractivity contribution in [2.45, 2.75) is 0 Å². The number of carbonyl (C=O) groups is 1. The second kappa shape index (κ2) is 7.88. The molecule has 3 aromatic rings. The van der Waals surface area contributed by atoms with Crippen molar-refractivity contribution < 1.29 is 18.7 Å². The lowest BCUT2D eigenvalue weighted by Crippen LogP contribution is -2.17. The summed E-state index contributed by atoms with van der Waals surface area (Å²) in [7, 11) is 0. The number of nitrogens with one attached hydrogen (secondary N) is 2. The van der Waals surface area contributed by atoms with Crippen molar-refractivity contribution in [3.8, 4) is 10.4 Å². The molecule has 0 aliphatic carbocycles. The van der Waals surface area contributed by atoms with Gasteiger partial charge in [0.25, 0.3) is 0 Å². The Labute approximate surface area is 160 Å². The van der Waals surface area contributed by atoms with Crippen LogP contribution in [0.2, 0.25) is 0 Å². The van der Waals surface area contributed by atoms with Gasteiger partial charge in [-0.3, -0.25) is 0 Å². The SMILES string of the molecule is N=N/N=C(\Nc1cccc(F)c1F)c1cc(-c2cc(C(=O)O)cs2)cnc1N. The van der Waals surface area contributed by atoms with E-state index in [-0.39, 0.29) is 28.5 Å². The molecule has 2 aromatic heterocycles. The van der Waals surface area contributed by atoms with E-state index in [2.05, 4.69) is 20.6 Å². The van der Waals surface area contributed by atoms with Gasteiger partial charge in [0.05, 0.1) is 16.8 Å². The van der Waals surface area contributed by atoms with E-state index in [9.17, 15) is 13.6 Å². The minimum absolute atomic E-state index is 0.00507. The van der Waals surface area contributed by atoms with Gasteiger partial charge in [-0.05, 0) is 24.3 Å². The van der Waals surface area contributed by atoms with Crippen molar-refractivity contribution in [1.82, 2.24) is 4.98 Å². The second-order valence-electron chi connectivity index (χ2n) is 5.44. The number of carboxylic acid groups (broad SMARTS) is 1. The zero-order valence-corrected chi connectivity index (χ0v) is 14.8. The Morgan fingerprint density at radius 3 is 2.79 bits per heavy atom. The summed E-state index contributed by atoms with van der Waals surface area (Å²) >= 11 is 1.19. The summed E-state index contributed by atoms with van der Waals surface area (Å²) in [6.07, 6.45) is 1.44. The van der Waals surface area contributed by atoms with Gasteiger partial charge in [0, 0.05) is 22.0 Å². The highest BCUT2D eigenvalue weighted by atomic mass is 32.1. The van der Waals surface area contributed by atoms with Crippen molar-refractivity contribution >= 4 is 34.6 Å². The Morgan fingerprint density at radius 2 is 2.11 bits per heavy atom. The number of benzene rings is 1. The molecule has 0 spiro atoms. The fourth-order valence-corrected chi connectivity index (χ4v) is 3.19. The third-order valence-corrected chi connectivity index (χ3v) is 4.64. The fraction of sp³-hybridized carbons (Fsp3) is 0. The Kier molecular flexibility index (Phi) is 5.36. The van der Waals surface area contributed by atoms with Gasteiger partial charge in [-0.2, -0.15) is 5.53 Å². The minimum Gasteiger partial charge on any atom is -0.478 e. The van der Waals surface area contributed by atoms with Crippen molar-refractivity contribution in [3.05, 3.63) is 64.7 Å². The average molecular weight is 402 g/mol. The highest BCUT2D eigenvalue weighted by molar-refractivity contribution is 7.13. The number of nitrogens with two attached hydrogens (primary N) is 1. The van der Waals surface area contributed by atoms with E-state index in [0.29, 0.717) is 10.4 Å². The van der Waals surface area contributed by atoms with Gasteiger partial charge in [-0.15, -0.1) is 16.4 Å². The highest BCUT2D eigenvalue weighted by Crippen LogP contribution is 2.29. The molecule has 0 saturated carbocycles. The molecule has 1 aromatic carbocycles. The second-order valence-corrected chi connectivity index (χ2v) is 6.35. The quantitative estimate of drug-likeness (QED) is 0.220. The van der Waals surface area contributed by atoms with Gasteiger partial charge in [0.2, 0.25) is 0 Å². The molecule has 0 aliphatic heterocycles. The van der Waals surface area contributed by atoms with Crippen LogP contribution in [0.4, 0.5) is 20.3 Å². The number of halogens is 2. The standard InChI is InChI=1S/C17H12F2N6O2S/c18-11-2-1-3-12(14(11)19)23-16(24-25-21)10-4-8(6-22-15(10)20)13-5-9(7-28-13)17(26)27/h1-7H,(H2,20,22)(H,26,27)(H2,21,23,24). The number of aromatic nitrogens is 1.